The number of carbonyl (C=O) groups excluding carboxylic acids is 3. The smallest absolute Gasteiger partial charge is 0.348 e. The number of ether oxygens (including phenoxy) is 2. The molecule has 0 atom stereocenters. The van der Waals surface area contributed by atoms with Crippen molar-refractivity contribution in [2.24, 2.45) is 0 Å². The number of benzene rings is 1. The van der Waals surface area contributed by atoms with Crippen LogP contribution in [0.5, 0.6) is 5.75 Å². The van der Waals surface area contributed by atoms with Gasteiger partial charge in [0.2, 0.25) is 0 Å². The van der Waals surface area contributed by atoms with Gasteiger partial charge in [0.05, 0.1) is 12.7 Å². The summed E-state index contributed by atoms with van der Waals surface area (Å²) in [4.78, 5) is 38.1. The summed E-state index contributed by atoms with van der Waals surface area (Å²) in [5, 5.41) is 2.20. The van der Waals surface area contributed by atoms with E-state index in [0.717, 1.165) is 25.7 Å². The predicted molar refractivity (Wildman–Crippen MR) is 101 cm³/mol. The highest BCUT2D eigenvalue weighted by Crippen LogP contribution is 2.29. The maximum atomic E-state index is 12.2. The summed E-state index contributed by atoms with van der Waals surface area (Å²) in [5.41, 5.74) is 1.45. The molecule has 3 rings (SSSR count). The van der Waals surface area contributed by atoms with Gasteiger partial charge in [-0.3, -0.25) is 14.9 Å². The van der Waals surface area contributed by atoms with Gasteiger partial charge in [-0.1, -0.05) is 18.6 Å². The van der Waals surface area contributed by atoms with Gasteiger partial charge >= 0.3 is 5.97 Å². The standard InChI is InChI=1S/C20H21NO5S/c1-25-15-9-6-5-8-14(15)19(23)21-18(22)12-26-20(24)17-11-13-7-3-2-4-10-16(13)27-17/h5-6,8-9,11H,2-4,7,10,12H2,1H3,(H,21,22,23). The number of imide groups is 1. The van der Waals surface area contributed by atoms with Crippen LogP contribution in [0, 0.1) is 0 Å². The lowest BCUT2D eigenvalue weighted by atomic mass is 10.1. The van der Waals surface area contributed by atoms with Crippen molar-refractivity contribution >= 4 is 29.1 Å². The van der Waals surface area contributed by atoms with Crippen molar-refractivity contribution < 1.29 is 23.9 Å². The summed E-state index contributed by atoms with van der Waals surface area (Å²) in [6, 6.07) is 8.43. The number of thiophene rings is 1. The Bertz CT molecular complexity index is 834. The minimum atomic E-state index is -0.683. The summed E-state index contributed by atoms with van der Waals surface area (Å²) in [5.74, 6) is -1.46. The van der Waals surface area contributed by atoms with Crippen LogP contribution in [-0.4, -0.2) is 31.5 Å². The van der Waals surface area contributed by atoms with Gasteiger partial charge in [-0.05, 0) is 49.4 Å². The summed E-state index contributed by atoms with van der Waals surface area (Å²) in [6.45, 7) is -0.512. The normalized spacial score (nSPS) is 13.2. The van der Waals surface area contributed by atoms with Gasteiger partial charge in [0.15, 0.2) is 6.61 Å². The summed E-state index contributed by atoms with van der Waals surface area (Å²) >= 11 is 1.43. The highest BCUT2D eigenvalue weighted by atomic mass is 32.1. The van der Waals surface area contributed by atoms with Gasteiger partial charge in [-0.15, -0.1) is 11.3 Å². The van der Waals surface area contributed by atoms with E-state index in [1.165, 1.54) is 35.3 Å². The number of para-hydroxylation sites is 1. The first-order chi connectivity index (χ1) is 13.1. The van der Waals surface area contributed by atoms with Crippen molar-refractivity contribution in [3.05, 3.63) is 51.2 Å². The van der Waals surface area contributed by atoms with E-state index in [0.29, 0.717) is 10.6 Å². The van der Waals surface area contributed by atoms with Gasteiger partial charge in [0.25, 0.3) is 11.8 Å². The van der Waals surface area contributed by atoms with Crippen molar-refractivity contribution in [1.29, 1.82) is 0 Å². The van der Waals surface area contributed by atoms with Crippen molar-refractivity contribution in [2.45, 2.75) is 32.1 Å². The lowest BCUT2D eigenvalue weighted by Gasteiger charge is -2.08. The Morgan fingerprint density at radius 2 is 1.89 bits per heavy atom. The Morgan fingerprint density at radius 1 is 1.11 bits per heavy atom. The van der Waals surface area contributed by atoms with E-state index >= 15 is 0 Å². The number of amides is 2. The van der Waals surface area contributed by atoms with Crippen molar-refractivity contribution in [1.82, 2.24) is 5.32 Å². The van der Waals surface area contributed by atoms with Gasteiger partial charge in [-0.25, -0.2) is 4.79 Å². The zero-order chi connectivity index (χ0) is 19.2. The highest BCUT2D eigenvalue weighted by molar-refractivity contribution is 7.14. The zero-order valence-corrected chi connectivity index (χ0v) is 15.9. The third-order valence-corrected chi connectivity index (χ3v) is 5.60. The molecular formula is C20H21NO5S. The summed E-state index contributed by atoms with van der Waals surface area (Å²) in [7, 11) is 1.44. The first-order valence-electron chi connectivity index (χ1n) is 8.84. The van der Waals surface area contributed by atoms with Crippen LogP contribution in [0.1, 0.15) is 49.7 Å². The molecule has 6 nitrogen and oxygen atoms in total. The number of methoxy groups -OCH3 is 1. The molecule has 1 N–H and O–H groups in total. The first kappa shape index (κ1) is 19.1. The van der Waals surface area contributed by atoms with Crippen LogP contribution in [-0.2, 0) is 22.4 Å². The molecule has 2 aromatic rings. The monoisotopic (exact) mass is 387 g/mol. The maximum Gasteiger partial charge on any atom is 0.348 e. The summed E-state index contributed by atoms with van der Waals surface area (Å²) in [6.07, 6.45) is 5.44. The average Bonchev–Trinajstić information content (AvgIpc) is 2.96. The molecule has 1 heterocycles. The van der Waals surface area contributed by atoms with E-state index in [9.17, 15) is 14.4 Å². The molecule has 142 valence electrons. The van der Waals surface area contributed by atoms with Crippen LogP contribution < -0.4 is 10.1 Å². The number of rotatable bonds is 5. The van der Waals surface area contributed by atoms with Gasteiger partial charge < -0.3 is 9.47 Å². The second-order valence-electron chi connectivity index (χ2n) is 6.27. The maximum absolute atomic E-state index is 12.2. The Hall–Kier alpha value is -2.67. The number of carbonyl (C=O) groups is 3. The van der Waals surface area contributed by atoms with E-state index < -0.39 is 24.4 Å². The minimum absolute atomic E-state index is 0.238. The van der Waals surface area contributed by atoms with Crippen molar-refractivity contribution in [3.8, 4) is 5.75 Å². The van der Waals surface area contributed by atoms with E-state index in [2.05, 4.69) is 5.32 Å². The third-order valence-electron chi connectivity index (χ3n) is 4.39. The van der Waals surface area contributed by atoms with Gasteiger partial charge in [0.1, 0.15) is 10.6 Å². The molecule has 1 aromatic heterocycles. The van der Waals surface area contributed by atoms with Crippen LogP contribution >= 0.6 is 11.3 Å². The Morgan fingerprint density at radius 3 is 2.70 bits per heavy atom. The fourth-order valence-electron chi connectivity index (χ4n) is 3.03. The van der Waals surface area contributed by atoms with Crippen molar-refractivity contribution in [2.75, 3.05) is 13.7 Å². The molecule has 0 spiro atoms. The molecule has 1 aliphatic rings. The molecular weight excluding hydrogens is 366 g/mol. The second kappa shape index (κ2) is 8.81. The highest BCUT2D eigenvalue weighted by Gasteiger charge is 2.19. The number of nitrogens with one attached hydrogen (secondary N) is 1. The topological polar surface area (TPSA) is 81.7 Å². The van der Waals surface area contributed by atoms with Crippen molar-refractivity contribution in [3.63, 3.8) is 0 Å². The van der Waals surface area contributed by atoms with E-state index in [1.54, 1.807) is 24.3 Å². The fraction of sp³-hybridized carbons (Fsp3) is 0.350. The molecule has 7 heteroatoms. The lowest BCUT2D eigenvalue weighted by molar-refractivity contribution is -0.123. The molecule has 0 fully saturated rings. The molecule has 27 heavy (non-hydrogen) atoms. The second-order valence-corrected chi connectivity index (χ2v) is 7.41. The minimum Gasteiger partial charge on any atom is -0.496 e. The summed E-state index contributed by atoms with van der Waals surface area (Å²) < 4.78 is 10.2. The molecule has 0 saturated heterocycles. The molecule has 1 aliphatic carbocycles. The molecule has 0 bridgehead atoms. The Labute approximate surface area is 161 Å². The average molecular weight is 387 g/mol. The molecule has 2 amide bonds. The predicted octanol–water partition coefficient (Wildman–Crippen LogP) is 3.14. The van der Waals surface area contributed by atoms with Crippen LogP contribution in [0.15, 0.2) is 30.3 Å². The third kappa shape index (κ3) is 4.74. The number of fused-ring (bicyclic) bond motifs is 1. The largest absolute Gasteiger partial charge is 0.496 e. The van der Waals surface area contributed by atoms with Crippen LogP contribution in [0.3, 0.4) is 0 Å². The number of aryl methyl sites for hydroxylation is 2. The molecule has 0 aliphatic heterocycles. The number of esters is 1. The molecule has 0 radical (unpaired) electrons. The molecule has 0 unspecified atom stereocenters. The number of hydrogen-bond acceptors (Lipinski definition) is 6. The first-order valence-corrected chi connectivity index (χ1v) is 9.66. The van der Waals surface area contributed by atoms with E-state index in [4.69, 9.17) is 9.47 Å². The van der Waals surface area contributed by atoms with E-state index in [1.807, 2.05) is 6.07 Å². The lowest BCUT2D eigenvalue weighted by Crippen LogP contribution is -2.34. The quantitative estimate of drug-likeness (QED) is 0.630. The molecule has 1 aromatic carbocycles. The van der Waals surface area contributed by atoms with E-state index in [-0.39, 0.29) is 5.56 Å². The molecule has 0 saturated carbocycles. The fourth-order valence-corrected chi connectivity index (χ4v) is 4.18. The SMILES string of the molecule is COc1ccccc1C(=O)NC(=O)COC(=O)c1cc2c(s1)CCCCC2. The van der Waals surface area contributed by atoms with Crippen LogP contribution in [0.2, 0.25) is 0 Å². The number of hydrogen-bond donors (Lipinski definition) is 1. The van der Waals surface area contributed by atoms with Gasteiger partial charge in [0, 0.05) is 4.88 Å². The van der Waals surface area contributed by atoms with Gasteiger partial charge in [-0.2, -0.15) is 0 Å². The zero-order valence-electron chi connectivity index (χ0n) is 15.1. The van der Waals surface area contributed by atoms with Crippen LogP contribution in [0.4, 0.5) is 0 Å². The Balaban J connectivity index is 1.54. The Kier molecular flexibility index (Phi) is 6.24. The van der Waals surface area contributed by atoms with Crippen LogP contribution in [0.25, 0.3) is 0 Å².